The molecule has 0 unspecified atom stereocenters. The molecular weight excluding hydrogens is 176 g/mol. The molecule has 1 aromatic rings. The van der Waals surface area contributed by atoms with E-state index in [2.05, 4.69) is 6.58 Å². The molecule has 0 aliphatic heterocycles. The first-order valence-corrected chi connectivity index (χ1v) is 4.59. The summed E-state index contributed by atoms with van der Waals surface area (Å²) in [5.74, 6) is 0.746. The van der Waals surface area contributed by atoms with Gasteiger partial charge in [-0.15, -0.1) is 0 Å². The van der Waals surface area contributed by atoms with E-state index < -0.39 is 0 Å². The number of hydrogen-bond donors (Lipinski definition) is 0. The average Bonchev–Trinajstić information content (AvgIpc) is 2.17. The standard InChI is InChI=1S/C12H14O2/c1-4-12(13)11-7-6-10(14-5-2)8-9(11)3/h4,6-8H,1,5H2,2-3H3. The van der Waals surface area contributed by atoms with Gasteiger partial charge in [0, 0.05) is 5.56 Å². The molecule has 0 saturated carbocycles. The number of allylic oxidation sites excluding steroid dienone is 1. The van der Waals surface area contributed by atoms with Crippen LogP contribution in [0.5, 0.6) is 5.75 Å². The van der Waals surface area contributed by atoms with Crippen LogP contribution in [0.25, 0.3) is 0 Å². The summed E-state index contributed by atoms with van der Waals surface area (Å²) in [6.07, 6.45) is 1.32. The average molecular weight is 190 g/mol. The zero-order valence-corrected chi connectivity index (χ0v) is 8.54. The van der Waals surface area contributed by atoms with Crippen molar-refractivity contribution in [3.8, 4) is 5.75 Å². The van der Waals surface area contributed by atoms with E-state index in [0.29, 0.717) is 12.2 Å². The van der Waals surface area contributed by atoms with Crippen LogP contribution >= 0.6 is 0 Å². The number of carbonyl (C=O) groups is 1. The molecule has 0 aromatic heterocycles. The Balaban J connectivity index is 3.01. The molecule has 0 amide bonds. The Hall–Kier alpha value is -1.57. The Morgan fingerprint density at radius 3 is 2.79 bits per heavy atom. The van der Waals surface area contributed by atoms with Gasteiger partial charge in [-0.25, -0.2) is 0 Å². The molecule has 0 N–H and O–H groups in total. The Bertz CT molecular complexity index is 353. The predicted molar refractivity (Wildman–Crippen MR) is 56.9 cm³/mol. The van der Waals surface area contributed by atoms with E-state index in [0.717, 1.165) is 11.3 Å². The molecule has 0 saturated heterocycles. The van der Waals surface area contributed by atoms with Crippen molar-refractivity contribution in [1.82, 2.24) is 0 Å². The fourth-order valence-corrected chi connectivity index (χ4v) is 1.28. The van der Waals surface area contributed by atoms with E-state index in [1.807, 2.05) is 19.9 Å². The van der Waals surface area contributed by atoms with E-state index in [1.54, 1.807) is 12.1 Å². The van der Waals surface area contributed by atoms with E-state index in [1.165, 1.54) is 6.08 Å². The van der Waals surface area contributed by atoms with Gasteiger partial charge in [-0.2, -0.15) is 0 Å². The van der Waals surface area contributed by atoms with Gasteiger partial charge in [-0.05, 0) is 43.7 Å². The third kappa shape index (κ3) is 2.22. The quantitative estimate of drug-likeness (QED) is 0.539. The number of ketones is 1. The van der Waals surface area contributed by atoms with E-state index in [9.17, 15) is 4.79 Å². The van der Waals surface area contributed by atoms with Gasteiger partial charge in [-0.3, -0.25) is 4.79 Å². The lowest BCUT2D eigenvalue weighted by molar-refractivity contribution is 0.104. The van der Waals surface area contributed by atoms with Crippen LogP contribution in [0.1, 0.15) is 22.8 Å². The minimum Gasteiger partial charge on any atom is -0.494 e. The first kappa shape index (κ1) is 10.5. The largest absolute Gasteiger partial charge is 0.494 e. The highest BCUT2D eigenvalue weighted by atomic mass is 16.5. The van der Waals surface area contributed by atoms with E-state index in [-0.39, 0.29) is 5.78 Å². The van der Waals surface area contributed by atoms with Crippen LogP contribution in [0, 0.1) is 6.92 Å². The van der Waals surface area contributed by atoms with Gasteiger partial charge in [0.15, 0.2) is 5.78 Å². The van der Waals surface area contributed by atoms with Crippen LogP contribution in [0.2, 0.25) is 0 Å². The summed E-state index contributed by atoms with van der Waals surface area (Å²) >= 11 is 0. The summed E-state index contributed by atoms with van der Waals surface area (Å²) in [5, 5.41) is 0. The smallest absolute Gasteiger partial charge is 0.185 e. The molecule has 2 nitrogen and oxygen atoms in total. The lowest BCUT2D eigenvalue weighted by atomic mass is 10.0. The minimum absolute atomic E-state index is 0.0504. The first-order chi connectivity index (χ1) is 6.69. The predicted octanol–water partition coefficient (Wildman–Crippen LogP) is 2.76. The van der Waals surface area contributed by atoms with E-state index in [4.69, 9.17) is 4.74 Å². The molecular formula is C12H14O2. The lowest BCUT2D eigenvalue weighted by Crippen LogP contribution is -1.99. The summed E-state index contributed by atoms with van der Waals surface area (Å²) in [5.41, 5.74) is 1.60. The second kappa shape index (κ2) is 4.61. The van der Waals surface area contributed by atoms with Gasteiger partial charge in [0.05, 0.1) is 6.61 Å². The molecule has 14 heavy (non-hydrogen) atoms. The van der Waals surface area contributed by atoms with Crippen molar-refractivity contribution in [3.05, 3.63) is 42.0 Å². The molecule has 0 fully saturated rings. The van der Waals surface area contributed by atoms with Gasteiger partial charge in [0.2, 0.25) is 0 Å². The zero-order valence-electron chi connectivity index (χ0n) is 8.54. The topological polar surface area (TPSA) is 26.3 Å². The summed E-state index contributed by atoms with van der Waals surface area (Å²) in [7, 11) is 0. The van der Waals surface area contributed by atoms with Gasteiger partial charge in [0.1, 0.15) is 5.75 Å². The maximum atomic E-state index is 11.3. The van der Waals surface area contributed by atoms with Crippen LogP contribution in [-0.4, -0.2) is 12.4 Å². The number of carbonyl (C=O) groups excluding carboxylic acids is 1. The van der Waals surface area contributed by atoms with Crippen molar-refractivity contribution < 1.29 is 9.53 Å². The van der Waals surface area contributed by atoms with Crippen molar-refractivity contribution in [2.24, 2.45) is 0 Å². The highest BCUT2D eigenvalue weighted by Crippen LogP contribution is 2.17. The molecule has 1 aromatic carbocycles. The molecule has 0 aliphatic carbocycles. The normalized spacial score (nSPS) is 9.57. The molecule has 0 heterocycles. The van der Waals surface area contributed by atoms with Crippen molar-refractivity contribution >= 4 is 5.78 Å². The second-order valence-corrected chi connectivity index (χ2v) is 2.98. The van der Waals surface area contributed by atoms with Crippen LogP contribution in [0.4, 0.5) is 0 Å². The van der Waals surface area contributed by atoms with Crippen molar-refractivity contribution in [2.45, 2.75) is 13.8 Å². The van der Waals surface area contributed by atoms with Gasteiger partial charge in [0.25, 0.3) is 0 Å². The highest BCUT2D eigenvalue weighted by molar-refractivity contribution is 6.05. The van der Waals surface area contributed by atoms with Gasteiger partial charge in [-0.1, -0.05) is 6.58 Å². The summed E-state index contributed by atoms with van der Waals surface area (Å²) in [6.45, 7) is 7.91. The van der Waals surface area contributed by atoms with Gasteiger partial charge < -0.3 is 4.74 Å². The number of benzene rings is 1. The minimum atomic E-state index is -0.0504. The number of rotatable bonds is 4. The first-order valence-electron chi connectivity index (χ1n) is 4.59. The maximum Gasteiger partial charge on any atom is 0.185 e. The number of aryl methyl sites for hydroxylation is 1. The Labute approximate surface area is 84.2 Å². The van der Waals surface area contributed by atoms with Crippen LogP contribution in [0.3, 0.4) is 0 Å². The third-order valence-electron chi connectivity index (χ3n) is 1.96. The van der Waals surface area contributed by atoms with Crippen LogP contribution < -0.4 is 4.74 Å². The maximum absolute atomic E-state index is 11.3. The monoisotopic (exact) mass is 190 g/mol. The molecule has 1 rings (SSSR count). The molecule has 74 valence electrons. The zero-order chi connectivity index (χ0) is 10.6. The lowest BCUT2D eigenvalue weighted by Gasteiger charge is -2.06. The van der Waals surface area contributed by atoms with Crippen LogP contribution in [0.15, 0.2) is 30.9 Å². The third-order valence-corrected chi connectivity index (χ3v) is 1.96. The molecule has 0 aliphatic rings. The molecule has 0 spiro atoms. The Morgan fingerprint density at radius 1 is 1.57 bits per heavy atom. The van der Waals surface area contributed by atoms with Crippen molar-refractivity contribution in [3.63, 3.8) is 0 Å². The van der Waals surface area contributed by atoms with E-state index >= 15 is 0 Å². The van der Waals surface area contributed by atoms with Crippen LogP contribution in [-0.2, 0) is 0 Å². The van der Waals surface area contributed by atoms with Crippen molar-refractivity contribution in [2.75, 3.05) is 6.61 Å². The molecule has 0 radical (unpaired) electrons. The molecule has 0 atom stereocenters. The fourth-order valence-electron chi connectivity index (χ4n) is 1.28. The number of hydrogen-bond acceptors (Lipinski definition) is 2. The fraction of sp³-hybridized carbons (Fsp3) is 0.250. The SMILES string of the molecule is C=CC(=O)c1ccc(OCC)cc1C. The van der Waals surface area contributed by atoms with Gasteiger partial charge >= 0.3 is 0 Å². The Kier molecular flexibility index (Phi) is 3.46. The molecule has 0 bridgehead atoms. The summed E-state index contributed by atoms with van der Waals surface area (Å²) in [6, 6.07) is 5.43. The number of ether oxygens (including phenoxy) is 1. The summed E-state index contributed by atoms with van der Waals surface area (Å²) < 4.78 is 5.32. The summed E-state index contributed by atoms with van der Waals surface area (Å²) in [4.78, 5) is 11.3. The molecule has 2 heteroatoms. The Morgan fingerprint density at radius 2 is 2.29 bits per heavy atom. The second-order valence-electron chi connectivity index (χ2n) is 2.98. The highest BCUT2D eigenvalue weighted by Gasteiger charge is 2.05. The van der Waals surface area contributed by atoms with Crippen molar-refractivity contribution in [1.29, 1.82) is 0 Å².